The SMILES string of the molecule is Cc1c(C(=O)NCc2c(F)cccc2F)c(=O)oc2ccccc12. The van der Waals surface area contributed by atoms with Crippen molar-refractivity contribution < 1.29 is 18.0 Å². The predicted octanol–water partition coefficient (Wildman–Crippen LogP) is 3.31. The number of carbonyl (C=O) groups excluding carboxylic acids is 1. The van der Waals surface area contributed by atoms with E-state index in [0.717, 1.165) is 12.1 Å². The van der Waals surface area contributed by atoms with E-state index in [4.69, 9.17) is 4.42 Å². The Hall–Kier alpha value is -3.02. The standard InChI is InChI=1S/C18H13F2NO3/c1-10-11-5-2-3-8-15(11)24-18(23)16(10)17(22)21-9-12-13(19)6-4-7-14(12)20/h2-8H,9H2,1H3,(H,21,22). The smallest absolute Gasteiger partial charge is 0.349 e. The van der Waals surface area contributed by atoms with Gasteiger partial charge in [-0.15, -0.1) is 0 Å². The summed E-state index contributed by atoms with van der Waals surface area (Å²) in [6.07, 6.45) is 0. The molecule has 4 nitrogen and oxygen atoms in total. The first-order chi connectivity index (χ1) is 11.5. The molecule has 122 valence electrons. The quantitative estimate of drug-likeness (QED) is 0.750. The molecule has 0 bridgehead atoms. The van der Waals surface area contributed by atoms with Gasteiger partial charge in [-0.25, -0.2) is 13.6 Å². The number of halogens is 2. The number of fused-ring (bicyclic) bond motifs is 1. The summed E-state index contributed by atoms with van der Waals surface area (Å²) in [4.78, 5) is 24.4. The number of aryl methyl sites for hydroxylation is 1. The van der Waals surface area contributed by atoms with Crippen LogP contribution in [0.5, 0.6) is 0 Å². The summed E-state index contributed by atoms with van der Waals surface area (Å²) in [6.45, 7) is 1.25. The molecule has 0 radical (unpaired) electrons. The molecule has 0 unspecified atom stereocenters. The number of hydrogen-bond donors (Lipinski definition) is 1. The molecule has 6 heteroatoms. The highest BCUT2D eigenvalue weighted by atomic mass is 19.1. The lowest BCUT2D eigenvalue weighted by Gasteiger charge is -2.09. The summed E-state index contributed by atoms with van der Waals surface area (Å²) >= 11 is 0. The Kier molecular flexibility index (Phi) is 4.12. The van der Waals surface area contributed by atoms with Crippen LogP contribution in [0.2, 0.25) is 0 Å². The Bertz CT molecular complexity index is 975. The summed E-state index contributed by atoms with van der Waals surface area (Å²) in [5.74, 6) is -2.27. The lowest BCUT2D eigenvalue weighted by Crippen LogP contribution is -2.29. The number of hydrogen-bond acceptors (Lipinski definition) is 3. The number of benzene rings is 2. The highest BCUT2D eigenvalue weighted by Gasteiger charge is 2.19. The zero-order chi connectivity index (χ0) is 17.3. The van der Waals surface area contributed by atoms with Gasteiger partial charge in [0.1, 0.15) is 22.8 Å². The third-order valence-corrected chi connectivity index (χ3v) is 3.79. The van der Waals surface area contributed by atoms with Gasteiger partial charge in [0, 0.05) is 17.5 Å². The van der Waals surface area contributed by atoms with Crippen molar-refractivity contribution in [3.05, 3.63) is 81.2 Å². The predicted molar refractivity (Wildman–Crippen MR) is 84.7 cm³/mol. The second kappa shape index (κ2) is 6.23. The van der Waals surface area contributed by atoms with Crippen molar-refractivity contribution in [3.63, 3.8) is 0 Å². The van der Waals surface area contributed by atoms with Crippen LogP contribution < -0.4 is 10.9 Å². The molecule has 0 aliphatic heterocycles. The van der Waals surface area contributed by atoms with Crippen molar-refractivity contribution in [3.8, 4) is 0 Å². The van der Waals surface area contributed by atoms with Gasteiger partial charge in [-0.1, -0.05) is 24.3 Å². The molecule has 24 heavy (non-hydrogen) atoms. The molecule has 0 saturated heterocycles. The Morgan fingerprint density at radius 1 is 1.08 bits per heavy atom. The average Bonchev–Trinajstić information content (AvgIpc) is 2.54. The highest BCUT2D eigenvalue weighted by molar-refractivity contribution is 5.99. The van der Waals surface area contributed by atoms with E-state index in [1.807, 2.05) is 0 Å². The molecule has 1 amide bonds. The van der Waals surface area contributed by atoms with E-state index in [0.29, 0.717) is 16.5 Å². The van der Waals surface area contributed by atoms with Gasteiger partial charge in [-0.3, -0.25) is 4.79 Å². The van der Waals surface area contributed by atoms with E-state index in [1.54, 1.807) is 31.2 Å². The van der Waals surface area contributed by atoms with Gasteiger partial charge >= 0.3 is 5.63 Å². The number of amides is 1. The molecule has 0 aliphatic carbocycles. The molecule has 0 aliphatic rings. The van der Waals surface area contributed by atoms with Crippen molar-refractivity contribution in [1.82, 2.24) is 5.32 Å². The molecule has 0 fully saturated rings. The summed E-state index contributed by atoms with van der Waals surface area (Å²) in [5, 5.41) is 2.99. The molecule has 1 heterocycles. The molecule has 0 spiro atoms. The zero-order valence-corrected chi connectivity index (χ0v) is 12.7. The lowest BCUT2D eigenvalue weighted by molar-refractivity contribution is 0.0946. The van der Waals surface area contributed by atoms with Crippen LogP contribution in [-0.4, -0.2) is 5.91 Å². The van der Waals surface area contributed by atoms with Gasteiger partial charge in [-0.2, -0.15) is 0 Å². The summed E-state index contributed by atoms with van der Waals surface area (Å²) in [6, 6.07) is 10.2. The third-order valence-electron chi connectivity index (χ3n) is 3.79. The largest absolute Gasteiger partial charge is 0.422 e. The van der Waals surface area contributed by atoms with E-state index < -0.39 is 23.2 Å². The van der Waals surface area contributed by atoms with Crippen LogP contribution in [0.4, 0.5) is 8.78 Å². The molecule has 0 atom stereocenters. The summed E-state index contributed by atoms with van der Waals surface area (Å²) in [7, 11) is 0. The van der Waals surface area contributed by atoms with Gasteiger partial charge < -0.3 is 9.73 Å². The minimum Gasteiger partial charge on any atom is -0.422 e. The van der Waals surface area contributed by atoms with E-state index in [1.165, 1.54) is 6.07 Å². The number of para-hydroxylation sites is 1. The molecule has 3 rings (SSSR count). The Labute approximate surface area is 135 Å². The highest BCUT2D eigenvalue weighted by Crippen LogP contribution is 2.19. The van der Waals surface area contributed by atoms with Crippen LogP contribution in [0, 0.1) is 18.6 Å². The number of carbonyl (C=O) groups is 1. The van der Waals surface area contributed by atoms with Gasteiger partial charge in [0.15, 0.2) is 0 Å². The molecule has 2 aromatic carbocycles. The molecule has 3 aromatic rings. The molecule has 1 N–H and O–H groups in total. The Balaban J connectivity index is 1.93. The topological polar surface area (TPSA) is 59.3 Å². The van der Waals surface area contributed by atoms with Gasteiger partial charge in [-0.05, 0) is 30.7 Å². The van der Waals surface area contributed by atoms with Crippen molar-refractivity contribution in [1.29, 1.82) is 0 Å². The second-order valence-corrected chi connectivity index (χ2v) is 5.27. The van der Waals surface area contributed by atoms with Crippen LogP contribution in [0.3, 0.4) is 0 Å². The first-order valence-corrected chi connectivity index (χ1v) is 7.22. The van der Waals surface area contributed by atoms with Crippen molar-refractivity contribution in [2.24, 2.45) is 0 Å². The molecular weight excluding hydrogens is 316 g/mol. The van der Waals surface area contributed by atoms with Gasteiger partial charge in [0.05, 0.1) is 0 Å². The molecular formula is C18H13F2NO3. The van der Waals surface area contributed by atoms with Crippen LogP contribution in [0.15, 0.2) is 51.7 Å². The van der Waals surface area contributed by atoms with E-state index in [2.05, 4.69) is 5.32 Å². The fraction of sp³-hybridized carbons (Fsp3) is 0.111. The van der Waals surface area contributed by atoms with Gasteiger partial charge in [0.25, 0.3) is 5.91 Å². The maximum absolute atomic E-state index is 13.6. The Morgan fingerprint density at radius 2 is 1.75 bits per heavy atom. The number of nitrogens with one attached hydrogen (secondary N) is 1. The van der Waals surface area contributed by atoms with Gasteiger partial charge in [0.2, 0.25) is 0 Å². The normalized spacial score (nSPS) is 10.8. The number of rotatable bonds is 3. The maximum Gasteiger partial charge on any atom is 0.349 e. The van der Waals surface area contributed by atoms with Crippen molar-refractivity contribution in [2.75, 3.05) is 0 Å². The summed E-state index contributed by atoms with van der Waals surface area (Å²) in [5.41, 5.74) is -0.415. The zero-order valence-electron chi connectivity index (χ0n) is 12.7. The monoisotopic (exact) mass is 329 g/mol. The minimum absolute atomic E-state index is 0.176. The fourth-order valence-electron chi connectivity index (χ4n) is 2.53. The van der Waals surface area contributed by atoms with Crippen LogP contribution in [0.25, 0.3) is 11.0 Å². The lowest BCUT2D eigenvalue weighted by atomic mass is 10.1. The van der Waals surface area contributed by atoms with Crippen LogP contribution >= 0.6 is 0 Å². The minimum atomic E-state index is -0.794. The van der Waals surface area contributed by atoms with E-state index >= 15 is 0 Å². The molecule has 0 saturated carbocycles. The average molecular weight is 329 g/mol. The Morgan fingerprint density at radius 3 is 2.46 bits per heavy atom. The fourth-order valence-corrected chi connectivity index (χ4v) is 2.53. The van der Waals surface area contributed by atoms with Crippen LogP contribution in [-0.2, 0) is 6.54 Å². The second-order valence-electron chi connectivity index (χ2n) is 5.27. The summed E-state index contributed by atoms with van der Waals surface area (Å²) < 4.78 is 32.3. The molecule has 1 aromatic heterocycles. The van der Waals surface area contributed by atoms with E-state index in [-0.39, 0.29) is 17.7 Å². The van der Waals surface area contributed by atoms with Crippen molar-refractivity contribution in [2.45, 2.75) is 13.5 Å². The van der Waals surface area contributed by atoms with Crippen molar-refractivity contribution >= 4 is 16.9 Å². The first kappa shape index (κ1) is 15.9. The van der Waals surface area contributed by atoms with E-state index in [9.17, 15) is 18.4 Å². The third kappa shape index (κ3) is 2.78. The first-order valence-electron chi connectivity index (χ1n) is 7.22. The van der Waals surface area contributed by atoms with Crippen LogP contribution in [0.1, 0.15) is 21.5 Å². The maximum atomic E-state index is 13.6.